The molecule has 0 bridgehead atoms. The number of nitrogens with zero attached hydrogens (tertiary/aromatic N) is 6. The van der Waals surface area contributed by atoms with E-state index in [2.05, 4.69) is 50.4 Å². The standard InChI is InChI=1S/C18H26N6OS/c1-13(26-18-19-20-21-24(18)14-9-10-14)17(25)23-12-5-3-4-7-16(23)15-8-6-11-22(15)2/h6,8,11,13-14,16H,3-5,7,9-10,12H2,1-2H3/t13-,16+/m1/s1. The molecule has 3 heterocycles. The SMILES string of the molecule is C[C@@H](Sc1nnnn1C1CC1)C(=O)N1CCCCC[C@H]1c1cccn1C. The fourth-order valence-electron chi connectivity index (χ4n) is 3.75. The van der Waals surface area contributed by atoms with E-state index in [0.717, 1.165) is 37.4 Å². The maximum atomic E-state index is 13.3. The van der Waals surface area contributed by atoms with Crippen molar-refractivity contribution in [2.75, 3.05) is 6.54 Å². The molecule has 1 aliphatic heterocycles. The van der Waals surface area contributed by atoms with Crippen molar-refractivity contribution in [1.82, 2.24) is 29.7 Å². The average Bonchev–Trinajstić information content (AvgIpc) is 3.31. The molecule has 8 heteroatoms. The van der Waals surface area contributed by atoms with Gasteiger partial charge in [-0.1, -0.05) is 24.6 Å². The van der Waals surface area contributed by atoms with Crippen molar-refractivity contribution in [3.8, 4) is 0 Å². The lowest BCUT2D eigenvalue weighted by Gasteiger charge is -2.32. The number of hydrogen-bond acceptors (Lipinski definition) is 5. The number of thioether (sulfide) groups is 1. The highest BCUT2D eigenvalue weighted by atomic mass is 32.2. The van der Waals surface area contributed by atoms with Crippen LogP contribution in [0.5, 0.6) is 0 Å². The van der Waals surface area contributed by atoms with Crippen molar-refractivity contribution >= 4 is 17.7 Å². The maximum absolute atomic E-state index is 13.3. The third-order valence-electron chi connectivity index (χ3n) is 5.35. The molecule has 1 saturated heterocycles. The molecule has 0 spiro atoms. The molecule has 2 aromatic rings. The van der Waals surface area contributed by atoms with Gasteiger partial charge in [-0.15, -0.1) is 5.10 Å². The van der Waals surface area contributed by atoms with E-state index in [1.807, 2.05) is 11.6 Å². The first-order valence-corrected chi connectivity index (χ1v) is 10.4. The number of rotatable bonds is 5. The molecule has 2 aromatic heterocycles. The third kappa shape index (κ3) is 3.51. The minimum Gasteiger partial charge on any atom is -0.353 e. The molecule has 7 nitrogen and oxygen atoms in total. The molecule has 1 amide bonds. The van der Waals surface area contributed by atoms with Gasteiger partial charge in [0.1, 0.15) is 0 Å². The van der Waals surface area contributed by atoms with E-state index in [9.17, 15) is 4.79 Å². The van der Waals surface area contributed by atoms with Gasteiger partial charge in [-0.3, -0.25) is 4.79 Å². The third-order valence-corrected chi connectivity index (χ3v) is 6.38. The van der Waals surface area contributed by atoms with E-state index in [0.29, 0.717) is 6.04 Å². The van der Waals surface area contributed by atoms with Gasteiger partial charge in [0.05, 0.1) is 17.3 Å². The Morgan fingerprint density at radius 1 is 1.27 bits per heavy atom. The van der Waals surface area contributed by atoms with Gasteiger partial charge in [0, 0.05) is 25.5 Å². The molecule has 2 aliphatic rings. The summed E-state index contributed by atoms with van der Waals surface area (Å²) in [6, 6.07) is 4.78. The number of tetrazole rings is 1. The van der Waals surface area contributed by atoms with Crippen molar-refractivity contribution < 1.29 is 4.79 Å². The summed E-state index contributed by atoms with van der Waals surface area (Å²) in [6.45, 7) is 2.80. The topological polar surface area (TPSA) is 68.8 Å². The van der Waals surface area contributed by atoms with Gasteiger partial charge in [0.15, 0.2) is 0 Å². The summed E-state index contributed by atoms with van der Waals surface area (Å²) >= 11 is 1.49. The zero-order valence-corrected chi connectivity index (χ0v) is 16.2. The Morgan fingerprint density at radius 3 is 2.85 bits per heavy atom. The number of hydrogen-bond donors (Lipinski definition) is 0. The van der Waals surface area contributed by atoms with Gasteiger partial charge in [-0.25, -0.2) is 4.68 Å². The fraction of sp³-hybridized carbons (Fsp3) is 0.667. The van der Waals surface area contributed by atoms with Gasteiger partial charge in [0.2, 0.25) is 11.1 Å². The summed E-state index contributed by atoms with van der Waals surface area (Å²) < 4.78 is 4.02. The zero-order valence-electron chi connectivity index (χ0n) is 15.4. The first kappa shape index (κ1) is 17.6. The molecule has 1 aliphatic carbocycles. The van der Waals surface area contributed by atoms with E-state index < -0.39 is 0 Å². The molecule has 0 N–H and O–H groups in total. The second kappa shape index (κ2) is 7.42. The summed E-state index contributed by atoms with van der Waals surface area (Å²) in [5.41, 5.74) is 1.22. The van der Waals surface area contributed by atoms with E-state index >= 15 is 0 Å². The number of amides is 1. The van der Waals surface area contributed by atoms with Crippen molar-refractivity contribution in [3.63, 3.8) is 0 Å². The van der Waals surface area contributed by atoms with Crippen LogP contribution >= 0.6 is 11.8 Å². The molecule has 2 atom stereocenters. The predicted octanol–water partition coefficient (Wildman–Crippen LogP) is 2.97. The van der Waals surface area contributed by atoms with Crippen LogP contribution in [0.1, 0.15) is 63.2 Å². The predicted molar refractivity (Wildman–Crippen MR) is 99.7 cm³/mol. The van der Waals surface area contributed by atoms with E-state index in [1.165, 1.54) is 30.3 Å². The van der Waals surface area contributed by atoms with Gasteiger partial charge in [-0.2, -0.15) is 0 Å². The lowest BCUT2D eigenvalue weighted by Crippen LogP contribution is -2.40. The molecule has 26 heavy (non-hydrogen) atoms. The number of aromatic nitrogens is 5. The van der Waals surface area contributed by atoms with E-state index in [4.69, 9.17) is 0 Å². The summed E-state index contributed by atoms with van der Waals surface area (Å²) in [5, 5.41) is 12.6. The lowest BCUT2D eigenvalue weighted by atomic mass is 10.1. The first-order chi connectivity index (χ1) is 12.6. The fourth-order valence-corrected chi connectivity index (χ4v) is 4.68. The van der Waals surface area contributed by atoms with Crippen LogP contribution in [0.25, 0.3) is 0 Å². The lowest BCUT2D eigenvalue weighted by molar-refractivity contribution is -0.132. The number of likely N-dealkylation sites (tertiary alicyclic amines) is 1. The van der Waals surface area contributed by atoms with Gasteiger partial charge >= 0.3 is 0 Å². The Morgan fingerprint density at radius 2 is 2.12 bits per heavy atom. The Bertz CT molecular complexity index is 767. The van der Waals surface area contributed by atoms with E-state index in [1.54, 1.807) is 0 Å². The van der Waals surface area contributed by atoms with Crippen LogP contribution in [0.4, 0.5) is 0 Å². The average molecular weight is 375 g/mol. The van der Waals surface area contributed by atoms with Crippen LogP contribution in [0.15, 0.2) is 23.5 Å². The van der Waals surface area contributed by atoms with Crippen molar-refractivity contribution in [3.05, 3.63) is 24.0 Å². The minimum atomic E-state index is -0.195. The van der Waals surface area contributed by atoms with Crippen LogP contribution in [0, 0.1) is 0 Å². The minimum absolute atomic E-state index is 0.160. The van der Waals surface area contributed by atoms with Crippen LogP contribution in [0.3, 0.4) is 0 Å². The Hall–Kier alpha value is -1.83. The first-order valence-electron chi connectivity index (χ1n) is 9.51. The van der Waals surface area contributed by atoms with Crippen LogP contribution in [-0.2, 0) is 11.8 Å². The van der Waals surface area contributed by atoms with Gasteiger partial charge < -0.3 is 9.47 Å². The largest absolute Gasteiger partial charge is 0.353 e. The highest BCUT2D eigenvalue weighted by molar-refractivity contribution is 8.00. The summed E-state index contributed by atoms with van der Waals surface area (Å²) in [4.78, 5) is 15.4. The van der Waals surface area contributed by atoms with E-state index in [-0.39, 0.29) is 17.2 Å². The summed E-state index contributed by atoms with van der Waals surface area (Å²) in [6.07, 6.45) is 8.77. The summed E-state index contributed by atoms with van der Waals surface area (Å²) in [7, 11) is 2.06. The zero-order chi connectivity index (χ0) is 18.1. The van der Waals surface area contributed by atoms with Crippen molar-refractivity contribution in [1.29, 1.82) is 0 Å². The molecule has 0 aromatic carbocycles. The Kier molecular flexibility index (Phi) is 5.02. The molecule has 0 unspecified atom stereocenters. The second-order valence-corrected chi connectivity index (χ2v) is 8.65. The normalized spacial score (nSPS) is 22.2. The number of aryl methyl sites for hydroxylation is 1. The van der Waals surface area contributed by atoms with Crippen LogP contribution in [0.2, 0.25) is 0 Å². The monoisotopic (exact) mass is 374 g/mol. The highest BCUT2D eigenvalue weighted by Crippen LogP contribution is 2.38. The Labute approximate surface area is 158 Å². The van der Waals surface area contributed by atoms with Crippen molar-refractivity contribution in [2.24, 2.45) is 7.05 Å². The molecular formula is C18H26N6OS. The molecular weight excluding hydrogens is 348 g/mol. The van der Waals surface area contributed by atoms with Crippen LogP contribution in [-0.4, -0.2) is 47.4 Å². The van der Waals surface area contributed by atoms with Gasteiger partial charge in [0.25, 0.3) is 0 Å². The van der Waals surface area contributed by atoms with Crippen LogP contribution < -0.4 is 0 Å². The molecule has 1 saturated carbocycles. The summed E-state index contributed by atoms with van der Waals surface area (Å²) in [5.74, 6) is 0.188. The van der Waals surface area contributed by atoms with Crippen molar-refractivity contribution in [2.45, 2.75) is 67.9 Å². The molecule has 4 rings (SSSR count). The molecule has 2 fully saturated rings. The van der Waals surface area contributed by atoms with Gasteiger partial charge in [-0.05, 0) is 55.2 Å². The molecule has 140 valence electrons. The second-order valence-electron chi connectivity index (χ2n) is 7.34. The smallest absolute Gasteiger partial charge is 0.236 e. The molecule has 0 radical (unpaired) electrons. The Balaban J connectivity index is 1.52. The number of carbonyl (C=O) groups is 1. The quantitative estimate of drug-likeness (QED) is 0.753. The highest BCUT2D eigenvalue weighted by Gasteiger charge is 2.33. The maximum Gasteiger partial charge on any atom is 0.236 e. The number of carbonyl (C=O) groups excluding carboxylic acids is 1.